The number of carbonyl (C=O) groups excluding carboxylic acids is 1. The second-order valence-electron chi connectivity index (χ2n) is 6.78. The van der Waals surface area contributed by atoms with Gasteiger partial charge in [0.2, 0.25) is 5.89 Å². The lowest BCUT2D eigenvalue weighted by atomic mass is 9.94. The van der Waals surface area contributed by atoms with Crippen LogP contribution in [0.3, 0.4) is 0 Å². The summed E-state index contributed by atoms with van der Waals surface area (Å²) < 4.78 is 5.04. The number of para-hydroxylation sites is 1. The summed E-state index contributed by atoms with van der Waals surface area (Å²) in [5.41, 5.74) is 3.22. The van der Waals surface area contributed by atoms with Crippen molar-refractivity contribution in [2.75, 3.05) is 18.4 Å². The number of carbonyl (C=O) groups is 1. The highest BCUT2D eigenvalue weighted by Gasteiger charge is 2.25. The fraction of sp³-hybridized carbons (Fsp3) is 0.526. The molecule has 25 heavy (non-hydrogen) atoms. The molecule has 2 amide bonds. The minimum atomic E-state index is -0.0157. The maximum atomic E-state index is 12.8. The van der Waals surface area contributed by atoms with Crippen LogP contribution in [-0.4, -0.2) is 34.2 Å². The van der Waals surface area contributed by atoms with E-state index in [-0.39, 0.29) is 6.03 Å². The molecule has 1 aromatic carbocycles. The molecule has 1 aromatic heterocycles. The van der Waals surface area contributed by atoms with Gasteiger partial charge in [-0.05, 0) is 43.2 Å². The maximum Gasteiger partial charge on any atom is 0.321 e. The monoisotopic (exact) mass is 342 g/mol. The Morgan fingerprint density at radius 2 is 2.24 bits per heavy atom. The zero-order valence-electron chi connectivity index (χ0n) is 15.2. The molecule has 2 heterocycles. The molecular formula is C19H26N4O2. The van der Waals surface area contributed by atoms with Crippen LogP contribution in [-0.2, 0) is 12.8 Å². The van der Waals surface area contributed by atoms with Crippen molar-refractivity contribution >= 4 is 11.7 Å². The van der Waals surface area contributed by atoms with Crippen molar-refractivity contribution in [2.45, 2.75) is 46.5 Å². The summed E-state index contributed by atoms with van der Waals surface area (Å²) in [7, 11) is 0. The Balaban J connectivity index is 1.64. The topological polar surface area (TPSA) is 71.3 Å². The van der Waals surface area contributed by atoms with E-state index >= 15 is 0 Å². The molecule has 134 valence electrons. The third-order valence-electron chi connectivity index (χ3n) is 4.82. The lowest BCUT2D eigenvalue weighted by Crippen LogP contribution is -2.43. The van der Waals surface area contributed by atoms with Crippen LogP contribution in [0.2, 0.25) is 0 Å². The summed E-state index contributed by atoms with van der Waals surface area (Å²) >= 11 is 0. The van der Waals surface area contributed by atoms with Gasteiger partial charge in [0.15, 0.2) is 5.82 Å². The van der Waals surface area contributed by atoms with Crippen LogP contribution >= 0.6 is 0 Å². The number of hydrogen-bond acceptors (Lipinski definition) is 4. The van der Waals surface area contributed by atoms with Gasteiger partial charge in [-0.15, -0.1) is 0 Å². The van der Waals surface area contributed by atoms with E-state index in [1.807, 2.05) is 24.0 Å². The van der Waals surface area contributed by atoms with Crippen molar-refractivity contribution in [1.82, 2.24) is 15.0 Å². The molecule has 1 saturated heterocycles. The summed E-state index contributed by atoms with van der Waals surface area (Å²) in [5, 5.41) is 7.10. The molecule has 0 radical (unpaired) electrons. The number of nitrogens with one attached hydrogen (secondary N) is 1. The number of aromatic nitrogens is 2. The highest BCUT2D eigenvalue weighted by atomic mass is 16.5. The average molecular weight is 342 g/mol. The van der Waals surface area contributed by atoms with Crippen molar-refractivity contribution in [3.8, 4) is 0 Å². The van der Waals surface area contributed by atoms with Gasteiger partial charge in [-0.1, -0.05) is 30.3 Å². The van der Waals surface area contributed by atoms with Crippen LogP contribution in [0.15, 0.2) is 22.7 Å². The van der Waals surface area contributed by atoms with E-state index in [0.29, 0.717) is 11.8 Å². The Labute approximate surface area is 148 Å². The zero-order chi connectivity index (χ0) is 17.8. The van der Waals surface area contributed by atoms with Gasteiger partial charge in [0, 0.05) is 32.1 Å². The number of rotatable bonds is 4. The largest absolute Gasteiger partial charge is 0.340 e. The smallest absolute Gasteiger partial charge is 0.321 e. The molecule has 6 heteroatoms. The molecule has 0 saturated carbocycles. The first-order chi connectivity index (χ1) is 12.1. The first kappa shape index (κ1) is 17.5. The first-order valence-corrected chi connectivity index (χ1v) is 9.00. The van der Waals surface area contributed by atoms with Gasteiger partial charge >= 0.3 is 6.03 Å². The van der Waals surface area contributed by atoms with Crippen LogP contribution in [0, 0.1) is 19.8 Å². The summed E-state index contributed by atoms with van der Waals surface area (Å²) in [5.74, 6) is 1.70. The normalized spacial score (nSPS) is 17.6. The van der Waals surface area contributed by atoms with Gasteiger partial charge in [0.25, 0.3) is 0 Å². The number of piperidine rings is 1. The van der Waals surface area contributed by atoms with E-state index < -0.39 is 0 Å². The van der Waals surface area contributed by atoms with Crippen molar-refractivity contribution in [1.29, 1.82) is 0 Å². The number of likely N-dealkylation sites (tertiary alicyclic amines) is 1. The number of amides is 2. The molecule has 1 fully saturated rings. The number of hydrogen-bond donors (Lipinski definition) is 1. The second kappa shape index (κ2) is 7.68. The predicted octanol–water partition coefficient (Wildman–Crippen LogP) is 3.74. The third kappa shape index (κ3) is 4.18. The highest BCUT2D eigenvalue weighted by molar-refractivity contribution is 5.91. The van der Waals surface area contributed by atoms with Crippen molar-refractivity contribution in [3.05, 3.63) is 41.0 Å². The van der Waals surface area contributed by atoms with Gasteiger partial charge in [-0.3, -0.25) is 0 Å². The fourth-order valence-electron chi connectivity index (χ4n) is 3.49. The molecule has 1 atom stereocenters. The second-order valence-corrected chi connectivity index (χ2v) is 6.78. The van der Waals surface area contributed by atoms with Gasteiger partial charge < -0.3 is 14.7 Å². The summed E-state index contributed by atoms with van der Waals surface area (Å²) in [6, 6.07) is 6.12. The molecule has 1 aliphatic heterocycles. The molecular weight excluding hydrogens is 316 g/mol. The van der Waals surface area contributed by atoms with Gasteiger partial charge in [0.1, 0.15) is 0 Å². The SMILES string of the molecule is CCc1cccc(C)c1NC(=O)N1CCCC(Cc2noc(C)n2)C1. The van der Waals surface area contributed by atoms with E-state index in [1.54, 1.807) is 6.92 Å². The molecule has 0 aliphatic carbocycles. The number of benzene rings is 1. The standard InChI is InChI=1S/C19H26N4O2/c1-4-16-9-5-7-13(2)18(16)21-19(24)23-10-6-8-15(12-23)11-17-20-14(3)25-22-17/h5,7,9,15H,4,6,8,10-12H2,1-3H3,(H,21,24). The Bertz CT molecular complexity index is 741. The lowest BCUT2D eigenvalue weighted by Gasteiger charge is -2.32. The molecule has 0 spiro atoms. The van der Waals surface area contributed by atoms with Crippen molar-refractivity contribution in [3.63, 3.8) is 0 Å². The van der Waals surface area contributed by atoms with Crippen molar-refractivity contribution in [2.24, 2.45) is 5.92 Å². The van der Waals surface area contributed by atoms with Crippen LogP contribution in [0.25, 0.3) is 0 Å². The predicted molar refractivity (Wildman–Crippen MR) is 96.6 cm³/mol. The van der Waals surface area contributed by atoms with Gasteiger partial charge in [0.05, 0.1) is 0 Å². The van der Waals surface area contributed by atoms with E-state index in [2.05, 4.69) is 28.4 Å². The number of anilines is 1. The molecule has 6 nitrogen and oxygen atoms in total. The quantitative estimate of drug-likeness (QED) is 0.919. The molecule has 1 unspecified atom stereocenters. The van der Waals surface area contributed by atoms with Crippen LogP contribution < -0.4 is 5.32 Å². The van der Waals surface area contributed by atoms with Gasteiger partial charge in [-0.2, -0.15) is 4.98 Å². The first-order valence-electron chi connectivity index (χ1n) is 9.00. The minimum absolute atomic E-state index is 0.0157. The molecule has 1 aliphatic rings. The maximum absolute atomic E-state index is 12.8. The summed E-state index contributed by atoms with van der Waals surface area (Å²) in [6.45, 7) is 7.46. The van der Waals surface area contributed by atoms with E-state index in [9.17, 15) is 4.79 Å². The van der Waals surface area contributed by atoms with Crippen LogP contribution in [0.1, 0.15) is 42.6 Å². The summed E-state index contributed by atoms with van der Waals surface area (Å²) in [6.07, 6.45) is 3.74. The third-order valence-corrected chi connectivity index (χ3v) is 4.82. The Hall–Kier alpha value is -2.37. The Morgan fingerprint density at radius 3 is 2.96 bits per heavy atom. The Morgan fingerprint density at radius 1 is 1.40 bits per heavy atom. The number of urea groups is 1. The van der Waals surface area contributed by atoms with E-state index in [1.165, 1.54) is 5.56 Å². The molecule has 3 rings (SSSR count). The molecule has 2 aromatic rings. The Kier molecular flexibility index (Phi) is 5.36. The number of aryl methyl sites for hydroxylation is 3. The fourth-order valence-corrected chi connectivity index (χ4v) is 3.49. The van der Waals surface area contributed by atoms with Crippen LogP contribution in [0.5, 0.6) is 0 Å². The van der Waals surface area contributed by atoms with E-state index in [0.717, 1.165) is 55.8 Å². The van der Waals surface area contributed by atoms with Crippen LogP contribution in [0.4, 0.5) is 10.5 Å². The molecule has 0 bridgehead atoms. The highest BCUT2D eigenvalue weighted by Crippen LogP contribution is 2.24. The zero-order valence-corrected chi connectivity index (χ0v) is 15.2. The molecule has 1 N–H and O–H groups in total. The minimum Gasteiger partial charge on any atom is -0.340 e. The average Bonchev–Trinajstić information content (AvgIpc) is 3.01. The van der Waals surface area contributed by atoms with E-state index in [4.69, 9.17) is 4.52 Å². The van der Waals surface area contributed by atoms with Gasteiger partial charge in [-0.25, -0.2) is 4.79 Å². The summed E-state index contributed by atoms with van der Waals surface area (Å²) in [4.78, 5) is 18.9. The van der Waals surface area contributed by atoms with Crippen molar-refractivity contribution < 1.29 is 9.32 Å². The number of nitrogens with zero attached hydrogens (tertiary/aromatic N) is 3. The lowest BCUT2D eigenvalue weighted by molar-refractivity contribution is 0.176.